The lowest BCUT2D eigenvalue weighted by Gasteiger charge is -2.08. The van der Waals surface area contributed by atoms with E-state index >= 15 is 0 Å². The van der Waals surface area contributed by atoms with E-state index in [1.807, 2.05) is 12.3 Å². The Bertz CT molecular complexity index is 1150. The van der Waals surface area contributed by atoms with Gasteiger partial charge in [0, 0.05) is 10.9 Å². The molecule has 0 unspecified atom stereocenters. The van der Waals surface area contributed by atoms with Crippen LogP contribution in [0.2, 0.25) is 0 Å². The molecule has 5 nitrogen and oxygen atoms in total. The highest BCUT2D eigenvalue weighted by molar-refractivity contribution is 7.14. The first-order valence-corrected chi connectivity index (χ1v) is 10.1. The Morgan fingerprint density at radius 1 is 1.14 bits per heavy atom. The lowest BCUT2D eigenvalue weighted by atomic mass is 10.2. The highest BCUT2D eigenvalue weighted by atomic mass is 32.1. The third kappa shape index (κ3) is 4.08. The van der Waals surface area contributed by atoms with Crippen molar-refractivity contribution in [1.29, 1.82) is 0 Å². The van der Waals surface area contributed by atoms with E-state index < -0.39 is 11.9 Å². The second-order valence-electron chi connectivity index (χ2n) is 6.10. The minimum absolute atomic E-state index is 0.336. The molecule has 0 aliphatic heterocycles. The third-order valence-electron chi connectivity index (χ3n) is 3.99. The van der Waals surface area contributed by atoms with Gasteiger partial charge in [-0.2, -0.15) is 18.3 Å². The van der Waals surface area contributed by atoms with E-state index in [-0.39, 0.29) is 5.91 Å². The monoisotopic (exact) mass is 434 g/mol. The van der Waals surface area contributed by atoms with Gasteiger partial charge in [0.15, 0.2) is 10.8 Å². The highest BCUT2D eigenvalue weighted by Gasteiger charge is 2.35. The van der Waals surface area contributed by atoms with Crippen molar-refractivity contribution >= 4 is 33.7 Å². The quantitative estimate of drug-likeness (QED) is 0.452. The fourth-order valence-corrected chi connectivity index (χ4v) is 4.06. The minimum Gasteiger partial charge on any atom is -0.298 e. The molecular weight excluding hydrogens is 421 g/mol. The summed E-state index contributed by atoms with van der Waals surface area (Å²) in [7, 11) is 0. The van der Waals surface area contributed by atoms with Crippen molar-refractivity contribution in [3.8, 4) is 16.3 Å². The van der Waals surface area contributed by atoms with E-state index in [1.165, 1.54) is 39.5 Å². The Morgan fingerprint density at radius 3 is 2.48 bits per heavy atom. The van der Waals surface area contributed by atoms with Crippen LogP contribution in [-0.4, -0.2) is 20.7 Å². The second kappa shape index (κ2) is 7.45. The third-order valence-corrected chi connectivity index (χ3v) is 5.75. The summed E-state index contributed by atoms with van der Waals surface area (Å²) in [6, 6.07) is 10.7. The molecule has 3 aromatic heterocycles. The van der Waals surface area contributed by atoms with Crippen LogP contribution in [0.25, 0.3) is 16.3 Å². The largest absolute Gasteiger partial charge is 0.435 e. The molecule has 0 saturated heterocycles. The number of hydrogen-bond acceptors (Lipinski definition) is 5. The SMILES string of the molecule is Cc1csc(NC(=O)c2ccc(-n3nc(C(F)(F)F)cc3-c3cccs3)cc2)n1. The summed E-state index contributed by atoms with van der Waals surface area (Å²) in [5.41, 5.74) is 0.957. The number of nitrogens with zero attached hydrogens (tertiary/aromatic N) is 3. The summed E-state index contributed by atoms with van der Waals surface area (Å²) >= 11 is 2.64. The number of alkyl halides is 3. The van der Waals surface area contributed by atoms with Crippen molar-refractivity contribution < 1.29 is 18.0 Å². The number of rotatable bonds is 4. The van der Waals surface area contributed by atoms with Gasteiger partial charge in [-0.05, 0) is 48.7 Å². The Morgan fingerprint density at radius 2 is 1.90 bits per heavy atom. The van der Waals surface area contributed by atoms with Gasteiger partial charge in [0.05, 0.1) is 22.0 Å². The van der Waals surface area contributed by atoms with E-state index in [9.17, 15) is 18.0 Å². The molecule has 0 aliphatic rings. The Balaban J connectivity index is 1.65. The smallest absolute Gasteiger partial charge is 0.298 e. The molecule has 10 heteroatoms. The van der Waals surface area contributed by atoms with Crippen LogP contribution in [0.1, 0.15) is 21.7 Å². The van der Waals surface area contributed by atoms with Gasteiger partial charge in [-0.15, -0.1) is 22.7 Å². The van der Waals surface area contributed by atoms with Crippen molar-refractivity contribution in [2.24, 2.45) is 0 Å². The number of halogens is 3. The lowest BCUT2D eigenvalue weighted by molar-refractivity contribution is -0.141. The molecule has 1 N–H and O–H groups in total. The molecular formula is C19H13F3N4OS2. The number of thiophene rings is 1. The maximum absolute atomic E-state index is 13.2. The van der Waals surface area contributed by atoms with Gasteiger partial charge in [0.1, 0.15) is 0 Å². The normalized spacial score (nSPS) is 11.6. The zero-order valence-corrected chi connectivity index (χ0v) is 16.5. The topological polar surface area (TPSA) is 59.8 Å². The van der Waals surface area contributed by atoms with Gasteiger partial charge < -0.3 is 0 Å². The first-order valence-electron chi connectivity index (χ1n) is 8.36. The van der Waals surface area contributed by atoms with Crippen molar-refractivity contribution in [1.82, 2.24) is 14.8 Å². The number of benzene rings is 1. The van der Waals surface area contributed by atoms with Crippen LogP contribution in [0.15, 0.2) is 53.2 Å². The molecule has 1 amide bonds. The summed E-state index contributed by atoms with van der Waals surface area (Å²) in [4.78, 5) is 17.2. The maximum atomic E-state index is 13.2. The van der Waals surface area contributed by atoms with E-state index in [0.717, 1.165) is 11.8 Å². The predicted octanol–water partition coefficient (Wildman–Crippen LogP) is 5.64. The summed E-state index contributed by atoms with van der Waals surface area (Å²) in [6.07, 6.45) is -4.55. The number of aromatic nitrogens is 3. The standard InChI is InChI=1S/C19H13F3N4OS2/c1-11-10-29-18(23-11)24-17(27)12-4-6-13(7-5-12)26-14(15-3-2-8-28-15)9-16(25-26)19(20,21)22/h2-10H,1H3,(H,23,24,27). The van der Waals surface area contributed by atoms with Crippen molar-refractivity contribution in [3.63, 3.8) is 0 Å². The molecule has 29 heavy (non-hydrogen) atoms. The molecule has 3 heterocycles. The summed E-state index contributed by atoms with van der Waals surface area (Å²) in [5.74, 6) is -0.346. The van der Waals surface area contributed by atoms with E-state index in [1.54, 1.807) is 29.6 Å². The molecule has 1 aromatic carbocycles. The number of anilines is 1. The van der Waals surface area contributed by atoms with E-state index in [2.05, 4.69) is 15.4 Å². The minimum atomic E-state index is -4.55. The fraction of sp³-hybridized carbons (Fsp3) is 0.105. The van der Waals surface area contributed by atoms with Gasteiger partial charge >= 0.3 is 6.18 Å². The average molecular weight is 434 g/mol. The van der Waals surface area contributed by atoms with Crippen LogP contribution in [0.3, 0.4) is 0 Å². The van der Waals surface area contributed by atoms with Crippen LogP contribution in [0.5, 0.6) is 0 Å². The number of thiazole rings is 1. The van der Waals surface area contributed by atoms with E-state index in [0.29, 0.717) is 27.0 Å². The first-order chi connectivity index (χ1) is 13.8. The second-order valence-corrected chi connectivity index (χ2v) is 7.90. The average Bonchev–Trinajstić information content (AvgIpc) is 3.41. The van der Waals surface area contributed by atoms with Gasteiger partial charge in [-0.1, -0.05) is 6.07 Å². The molecule has 0 radical (unpaired) electrons. The molecule has 4 aromatic rings. The van der Waals surface area contributed by atoms with Gasteiger partial charge in [-0.25, -0.2) is 9.67 Å². The zero-order valence-electron chi connectivity index (χ0n) is 14.9. The molecule has 0 aliphatic carbocycles. The summed E-state index contributed by atoms with van der Waals surface area (Å²) < 4.78 is 40.8. The number of carbonyl (C=O) groups is 1. The highest BCUT2D eigenvalue weighted by Crippen LogP contribution is 2.34. The molecule has 0 saturated carbocycles. The number of amides is 1. The fourth-order valence-electron chi connectivity index (χ4n) is 2.65. The van der Waals surface area contributed by atoms with Crippen molar-refractivity contribution in [2.75, 3.05) is 5.32 Å². The molecule has 0 bridgehead atoms. The molecule has 148 valence electrons. The summed E-state index contributed by atoms with van der Waals surface area (Å²) in [5, 5.41) is 10.5. The van der Waals surface area contributed by atoms with Gasteiger partial charge in [-0.3, -0.25) is 10.1 Å². The molecule has 0 spiro atoms. The lowest BCUT2D eigenvalue weighted by Crippen LogP contribution is -2.12. The van der Waals surface area contributed by atoms with Crippen LogP contribution >= 0.6 is 22.7 Å². The number of aryl methyl sites for hydroxylation is 1. The Hall–Kier alpha value is -2.98. The summed E-state index contributed by atoms with van der Waals surface area (Å²) in [6.45, 7) is 1.82. The zero-order chi connectivity index (χ0) is 20.6. The van der Waals surface area contributed by atoms with Crippen LogP contribution in [0, 0.1) is 6.92 Å². The maximum Gasteiger partial charge on any atom is 0.435 e. The number of nitrogens with one attached hydrogen (secondary N) is 1. The van der Waals surface area contributed by atoms with Crippen LogP contribution in [-0.2, 0) is 6.18 Å². The Kier molecular flexibility index (Phi) is 4.97. The van der Waals surface area contributed by atoms with Gasteiger partial charge in [0.25, 0.3) is 5.91 Å². The van der Waals surface area contributed by atoms with E-state index in [4.69, 9.17) is 0 Å². The van der Waals surface area contributed by atoms with Crippen LogP contribution < -0.4 is 5.32 Å². The molecule has 4 rings (SSSR count). The Labute approximate surface area is 171 Å². The van der Waals surface area contributed by atoms with Crippen LogP contribution in [0.4, 0.5) is 18.3 Å². The number of hydrogen-bond donors (Lipinski definition) is 1. The molecule has 0 atom stereocenters. The number of carbonyl (C=O) groups excluding carboxylic acids is 1. The van der Waals surface area contributed by atoms with Crippen molar-refractivity contribution in [3.05, 3.63) is 70.2 Å². The predicted molar refractivity (Wildman–Crippen MR) is 107 cm³/mol. The molecule has 0 fully saturated rings. The van der Waals surface area contributed by atoms with Gasteiger partial charge in [0.2, 0.25) is 0 Å². The van der Waals surface area contributed by atoms with Crippen molar-refractivity contribution in [2.45, 2.75) is 13.1 Å². The first kappa shape index (κ1) is 19.3.